The highest BCUT2D eigenvalue weighted by Gasteiger charge is 2.39. The van der Waals surface area contributed by atoms with Crippen LogP contribution < -0.4 is 5.46 Å². The van der Waals surface area contributed by atoms with Crippen molar-refractivity contribution in [3.63, 3.8) is 0 Å². The van der Waals surface area contributed by atoms with E-state index in [0.29, 0.717) is 30.5 Å². The van der Waals surface area contributed by atoms with Gasteiger partial charge in [0.05, 0.1) is 0 Å². The quantitative estimate of drug-likeness (QED) is 0.622. The first kappa shape index (κ1) is 17.6. The Morgan fingerprint density at radius 1 is 1.24 bits per heavy atom. The predicted octanol–water partition coefficient (Wildman–Crippen LogP) is 2.34. The summed E-state index contributed by atoms with van der Waals surface area (Å²) in [5, 5.41) is 3.34. The third kappa shape index (κ3) is 3.74. The second-order valence-corrected chi connectivity index (χ2v) is 6.50. The summed E-state index contributed by atoms with van der Waals surface area (Å²) >= 11 is 0. The molecule has 0 unspecified atom stereocenters. The molecule has 0 atom stereocenters. The third-order valence-electron chi connectivity index (χ3n) is 3.65. The molecule has 0 spiro atoms. The van der Waals surface area contributed by atoms with Crippen LogP contribution in [0, 0.1) is 5.41 Å². The van der Waals surface area contributed by atoms with Crippen LogP contribution in [-0.4, -0.2) is 36.8 Å². The molecular formula is C15H14BF3N2O4. The van der Waals surface area contributed by atoms with Gasteiger partial charge in [-0.05, 0) is 5.46 Å². The Hall–Kier alpha value is -2.20. The average molecular weight is 354 g/mol. The highest BCUT2D eigenvalue weighted by molar-refractivity contribution is 6.63. The fourth-order valence-electron chi connectivity index (χ4n) is 2.35. The van der Waals surface area contributed by atoms with Crippen molar-refractivity contribution in [2.75, 3.05) is 13.2 Å². The van der Waals surface area contributed by atoms with Crippen molar-refractivity contribution in [2.24, 2.45) is 5.41 Å². The van der Waals surface area contributed by atoms with E-state index < -0.39 is 19.2 Å². The summed E-state index contributed by atoms with van der Waals surface area (Å²) in [6, 6.07) is 4.36. The number of alkyl halides is 3. The molecule has 0 N–H and O–H groups in total. The molecule has 25 heavy (non-hydrogen) atoms. The van der Waals surface area contributed by atoms with Crippen molar-refractivity contribution in [2.45, 2.75) is 20.0 Å². The number of carbonyl (C=O) groups excluding carboxylic acids is 1. The first-order valence-electron chi connectivity index (χ1n) is 7.43. The first-order valence-corrected chi connectivity index (χ1v) is 7.43. The van der Waals surface area contributed by atoms with Crippen LogP contribution in [0.15, 0.2) is 22.7 Å². The number of benzene rings is 1. The molecule has 0 radical (unpaired) electrons. The van der Waals surface area contributed by atoms with Gasteiger partial charge < -0.3 is 13.8 Å². The van der Waals surface area contributed by atoms with Gasteiger partial charge in [0, 0.05) is 29.8 Å². The van der Waals surface area contributed by atoms with Crippen LogP contribution in [0.5, 0.6) is 0 Å². The van der Waals surface area contributed by atoms with Crippen molar-refractivity contribution < 1.29 is 31.8 Å². The minimum absolute atomic E-state index is 0.162. The summed E-state index contributed by atoms with van der Waals surface area (Å²) < 4.78 is 53.3. The SMILES string of the molecule is CC1(C)COB(c2cc(-c3noc(C(F)(F)F)n3)ccc2C=O)OC1. The summed E-state index contributed by atoms with van der Waals surface area (Å²) in [7, 11) is -0.790. The molecule has 3 rings (SSSR count). The number of hydrogen-bond acceptors (Lipinski definition) is 6. The standard InChI is InChI=1S/C15H14BF3N2O4/c1-14(2)7-23-16(24-8-14)11-5-9(3-4-10(11)6-22)12-20-13(25-21-12)15(17,18)19/h3-6H,7-8H2,1-2H3. The maximum Gasteiger partial charge on any atom is 0.494 e. The average Bonchev–Trinajstić information content (AvgIpc) is 3.04. The predicted molar refractivity (Wildman–Crippen MR) is 81.2 cm³/mol. The molecule has 0 aliphatic carbocycles. The van der Waals surface area contributed by atoms with Crippen LogP contribution >= 0.6 is 0 Å². The van der Waals surface area contributed by atoms with E-state index in [4.69, 9.17) is 9.31 Å². The lowest BCUT2D eigenvalue weighted by Crippen LogP contribution is -2.48. The number of halogens is 3. The molecule has 1 aliphatic heterocycles. The Labute approximate surface area is 141 Å². The largest absolute Gasteiger partial charge is 0.494 e. The highest BCUT2D eigenvalue weighted by Crippen LogP contribution is 2.29. The lowest BCUT2D eigenvalue weighted by Gasteiger charge is -2.33. The van der Waals surface area contributed by atoms with E-state index in [1.807, 2.05) is 13.8 Å². The molecule has 1 aliphatic rings. The van der Waals surface area contributed by atoms with Crippen molar-refractivity contribution in [1.29, 1.82) is 0 Å². The van der Waals surface area contributed by atoms with E-state index >= 15 is 0 Å². The topological polar surface area (TPSA) is 74.5 Å². The zero-order valence-corrected chi connectivity index (χ0v) is 13.5. The zero-order valence-electron chi connectivity index (χ0n) is 13.5. The molecule has 0 saturated carbocycles. The lowest BCUT2D eigenvalue weighted by molar-refractivity contribution is -0.159. The molecule has 0 bridgehead atoms. The Morgan fingerprint density at radius 2 is 1.92 bits per heavy atom. The van der Waals surface area contributed by atoms with Gasteiger partial charge in [0.15, 0.2) is 0 Å². The molecular weight excluding hydrogens is 340 g/mol. The molecule has 0 amide bonds. The molecule has 2 aromatic rings. The highest BCUT2D eigenvalue weighted by atomic mass is 19.4. The van der Waals surface area contributed by atoms with Crippen molar-refractivity contribution in [3.8, 4) is 11.4 Å². The van der Waals surface area contributed by atoms with Gasteiger partial charge in [-0.3, -0.25) is 4.79 Å². The second kappa shape index (κ2) is 6.27. The number of rotatable bonds is 3. The van der Waals surface area contributed by atoms with Crippen LogP contribution in [0.4, 0.5) is 13.2 Å². The fourth-order valence-corrected chi connectivity index (χ4v) is 2.35. The van der Waals surface area contributed by atoms with Gasteiger partial charge >= 0.3 is 19.2 Å². The van der Waals surface area contributed by atoms with E-state index in [0.717, 1.165) is 0 Å². The lowest BCUT2D eigenvalue weighted by atomic mass is 9.73. The van der Waals surface area contributed by atoms with Gasteiger partial charge in [0.1, 0.15) is 6.29 Å². The number of aldehydes is 1. The number of carbonyl (C=O) groups is 1. The fraction of sp³-hybridized carbons (Fsp3) is 0.400. The maximum atomic E-state index is 12.6. The summed E-state index contributed by atoms with van der Waals surface area (Å²) in [6.07, 6.45) is -4.10. The smallest absolute Gasteiger partial charge is 0.407 e. The molecule has 1 aromatic heterocycles. The summed E-state index contributed by atoms with van der Waals surface area (Å²) in [6.45, 7) is 4.78. The molecule has 1 fully saturated rings. The maximum absolute atomic E-state index is 12.6. The molecule has 1 aromatic carbocycles. The number of aromatic nitrogens is 2. The second-order valence-electron chi connectivity index (χ2n) is 6.50. The van der Waals surface area contributed by atoms with Crippen LogP contribution in [0.25, 0.3) is 11.4 Å². The van der Waals surface area contributed by atoms with E-state index in [-0.39, 0.29) is 16.8 Å². The van der Waals surface area contributed by atoms with Crippen LogP contribution in [0.3, 0.4) is 0 Å². The number of hydrogen-bond donors (Lipinski definition) is 0. The van der Waals surface area contributed by atoms with Gasteiger partial charge in [0.25, 0.3) is 0 Å². The molecule has 2 heterocycles. The van der Waals surface area contributed by atoms with E-state index in [1.54, 1.807) is 0 Å². The summed E-state index contributed by atoms with van der Waals surface area (Å²) in [5.41, 5.74) is 0.816. The third-order valence-corrected chi connectivity index (χ3v) is 3.65. The molecule has 132 valence electrons. The van der Waals surface area contributed by atoms with Crippen LogP contribution in [0.2, 0.25) is 0 Å². The van der Waals surface area contributed by atoms with Gasteiger partial charge in [-0.1, -0.05) is 37.2 Å². The van der Waals surface area contributed by atoms with E-state index in [9.17, 15) is 18.0 Å². The Kier molecular flexibility index (Phi) is 4.42. The van der Waals surface area contributed by atoms with Gasteiger partial charge in [0.2, 0.25) is 5.82 Å². The van der Waals surface area contributed by atoms with Crippen molar-refractivity contribution in [1.82, 2.24) is 10.1 Å². The normalized spacial score (nSPS) is 17.6. The van der Waals surface area contributed by atoms with Gasteiger partial charge in [-0.2, -0.15) is 18.2 Å². The van der Waals surface area contributed by atoms with E-state index in [2.05, 4.69) is 14.7 Å². The Bertz CT molecular complexity index is 781. The minimum atomic E-state index is -4.72. The molecule has 6 nitrogen and oxygen atoms in total. The van der Waals surface area contributed by atoms with Gasteiger partial charge in [-0.25, -0.2) is 0 Å². The van der Waals surface area contributed by atoms with Gasteiger partial charge in [-0.15, -0.1) is 0 Å². The summed E-state index contributed by atoms with van der Waals surface area (Å²) in [4.78, 5) is 14.6. The van der Waals surface area contributed by atoms with Crippen LogP contribution in [-0.2, 0) is 15.5 Å². The van der Waals surface area contributed by atoms with Crippen molar-refractivity contribution in [3.05, 3.63) is 29.7 Å². The minimum Gasteiger partial charge on any atom is -0.407 e. The van der Waals surface area contributed by atoms with Crippen molar-refractivity contribution >= 4 is 18.9 Å². The Morgan fingerprint density at radius 3 is 2.48 bits per heavy atom. The molecule has 10 heteroatoms. The van der Waals surface area contributed by atoms with E-state index in [1.165, 1.54) is 18.2 Å². The zero-order chi connectivity index (χ0) is 18.2. The van der Waals surface area contributed by atoms with Crippen LogP contribution in [0.1, 0.15) is 30.1 Å². The summed E-state index contributed by atoms with van der Waals surface area (Å²) in [5.74, 6) is -1.67. The monoisotopic (exact) mass is 354 g/mol. The first-order chi connectivity index (χ1) is 11.7. The number of nitrogens with zero attached hydrogens (tertiary/aromatic N) is 2. The Balaban J connectivity index is 1.93. The molecule has 1 saturated heterocycles.